The molecule has 1 aliphatic heterocycles. The molecule has 7 nitrogen and oxygen atoms in total. The molecule has 1 aromatic carbocycles. The summed E-state index contributed by atoms with van der Waals surface area (Å²) >= 11 is 0. The van der Waals surface area contributed by atoms with Gasteiger partial charge >= 0.3 is 11.9 Å². The van der Waals surface area contributed by atoms with Gasteiger partial charge in [-0.25, -0.2) is 4.79 Å². The quantitative estimate of drug-likeness (QED) is 0.485. The van der Waals surface area contributed by atoms with Crippen LogP contribution in [0.3, 0.4) is 0 Å². The number of amides is 1. The number of nitrogens with two attached hydrogens (primary N) is 1. The van der Waals surface area contributed by atoms with E-state index in [9.17, 15) is 14.4 Å². The fourth-order valence-corrected chi connectivity index (χ4v) is 2.43. The van der Waals surface area contributed by atoms with Crippen LogP contribution in [0.1, 0.15) is 19.4 Å². The zero-order valence-electron chi connectivity index (χ0n) is 13.8. The second kappa shape index (κ2) is 7.27. The molecule has 0 unspecified atom stereocenters. The smallest absolute Gasteiger partial charge is 0.354 e. The van der Waals surface area contributed by atoms with Crippen molar-refractivity contribution in [2.45, 2.75) is 32.5 Å². The summed E-state index contributed by atoms with van der Waals surface area (Å²) in [6, 6.07) is 8.05. The third-order valence-corrected chi connectivity index (χ3v) is 3.62. The predicted octanol–water partition coefficient (Wildman–Crippen LogP) is 0.735. The number of rotatable bonds is 5. The normalized spacial score (nSPS) is 19.3. The maximum atomic E-state index is 12.1. The van der Waals surface area contributed by atoms with E-state index in [1.807, 2.05) is 18.2 Å². The molecule has 2 rings (SSSR count). The molecule has 1 aromatic rings. The predicted molar refractivity (Wildman–Crippen MR) is 85.2 cm³/mol. The molecular formula is C17H20N2O5. The van der Waals surface area contributed by atoms with E-state index in [0.717, 1.165) is 10.5 Å². The number of benzene rings is 1. The van der Waals surface area contributed by atoms with Gasteiger partial charge in [0.1, 0.15) is 11.7 Å². The van der Waals surface area contributed by atoms with Crippen LogP contribution in [-0.4, -0.2) is 42.1 Å². The number of hydrogen-bond acceptors (Lipinski definition) is 6. The summed E-state index contributed by atoms with van der Waals surface area (Å²) in [6.07, 6.45) is -0.966. The van der Waals surface area contributed by atoms with Crippen molar-refractivity contribution < 1.29 is 23.9 Å². The lowest BCUT2D eigenvalue weighted by Gasteiger charge is -2.44. The summed E-state index contributed by atoms with van der Waals surface area (Å²) in [6.45, 7) is 3.32. The van der Waals surface area contributed by atoms with Gasteiger partial charge in [0.2, 0.25) is 6.23 Å². The molecule has 1 amide bonds. The summed E-state index contributed by atoms with van der Waals surface area (Å²) in [5.74, 6) is -1.70. The van der Waals surface area contributed by atoms with Gasteiger partial charge < -0.3 is 15.2 Å². The van der Waals surface area contributed by atoms with Crippen LogP contribution in [0.15, 0.2) is 41.6 Å². The van der Waals surface area contributed by atoms with Crippen molar-refractivity contribution in [2.75, 3.05) is 7.11 Å². The molecule has 0 radical (unpaired) electrons. The van der Waals surface area contributed by atoms with Gasteiger partial charge in [0.15, 0.2) is 0 Å². The third-order valence-electron chi connectivity index (χ3n) is 3.62. The second-order valence-electron chi connectivity index (χ2n) is 5.62. The Kier molecular flexibility index (Phi) is 5.35. The minimum Gasteiger partial charge on any atom is -0.464 e. The number of ether oxygens (including phenoxy) is 2. The Labute approximate surface area is 140 Å². The third kappa shape index (κ3) is 3.46. The number of esters is 2. The molecule has 0 aliphatic carbocycles. The average Bonchev–Trinajstić information content (AvgIpc) is 2.57. The molecule has 24 heavy (non-hydrogen) atoms. The highest BCUT2D eigenvalue weighted by molar-refractivity contribution is 6.00. The number of methoxy groups -OCH3 is 1. The first-order valence-corrected chi connectivity index (χ1v) is 7.44. The first-order valence-electron chi connectivity index (χ1n) is 7.44. The Morgan fingerprint density at radius 1 is 1.21 bits per heavy atom. The maximum Gasteiger partial charge on any atom is 0.354 e. The van der Waals surface area contributed by atoms with Crippen LogP contribution in [0.4, 0.5) is 0 Å². The summed E-state index contributed by atoms with van der Waals surface area (Å²) < 4.78 is 10.0. The monoisotopic (exact) mass is 332 g/mol. The van der Waals surface area contributed by atoms with Crippen LogP contribution < -0.4 is 5.73 Å². The Morgan fingerprint density at radius 3 is 2.38 bits per heavy atom. The number of carbonyl (C=O) groups is 3. The molecular weight excluding hydrogens is 312 g/mol. The van der Waals surface area contributed by atoms with E-state index in [1.165, 1.54) is 7.11 Å². The Hall–Kier alpha value is -2.67. The SMILES string of the molecule is COC(=O)C(=C(C)C)N1C(=O)[C@@H](N)[C@H]1OC(=O)Cc1ccccc1. The van der Waals surface area contributed by atoms with Crippen LogP contribution in [0, 0.1) is 0 Å². The largest absolute Gasteiger partial charge is 0.464 e. The molecule has 1 fully saturated rings. The number of hydrogen-bond donors (Lipinski definition) is 1. The van der Waals surface area contributed by atoms with E-state index >= 15 is 0 Å². The summed E-state index contributed by atoms with van der Waals surface area (Å²) in [5.41, 5.74) is 7.12. The number of likely N-dealkylation sites (tertiary alicyclic amines) is 1. The standard InChI is InChI=1S/C17H20N2O5/c1-10(2)14(17(22)23-3)19-15(21)13(18)16(19)24-12(20)9-11-7-5-4-6-8-11/h4-8,13,16H,9,18H2,1-3H3/t13-,16-/m1/s1. The highest BCUT2D eigenvalue weighted by Gasteiger charge is 2.51. The molecule has 1 heterocycles. The number of allylic oxidation sites excluding steroid dienone is 1. The molecule has 2 N–H and O–H groups in total. The first-order chi connectivity index (χ1) is 11.4. The summed E-state index contributed by atoms with van der Waals surface area (Å²) in [7, 11) is 1.21. The van der Waals surface area contributed by atoms with Crippen molar-refractivity contribution in [3.63, 3.8) is 0 Å². The van der Waals surface area contributed by atoms with Crippen molar-refractivity contribution in [1.29, 1.82) is 0 Å². The van der Waals surface area contributed by atoms with Gasteiger partial charge in [0.25, 0.3) is 5.91 Å². The zero-order chi connectivity index (χ0) is 17.9. The lowest BCUT2D eigenvalue weighted by atomic mass is 10.0. The van der Waals surface area contributed by atoms with Crippen LogP contribution in [0.5, 0.6) is 0 Å². The Morgan fingerprint density at radius 2 is 1.83 bits per heavy atom. The molecule has 0 aromatic heterocycles. The van der Waals surface area contributed by atoms with E-state index in [0.29, 0.717) is 5.57 Å². The fourth-order valence-electron chi connectivity index (χ4n) is 2.43. The molecule has 0 spiro atoms. The number of carbonyl (C=O) groups excluding carboxylic acids is 3. The topological polar surface area (TPSA) is 98.9 Å². The summed E-state index contributed by atoms with van der Waals surface area (Å²) in [4.78, 5) is 37.1. The van der Waals surface area contributed by atoms with E-state index in [1.54, 1.807) is 26.0 Å². The minimum atomic E-state index is -1.02. The molecule has 0 bridgehead atoms. The van der Waals surface area contributed by atoms with Gasteiger partial charge in [-0.05, 0) is 25.0 Å². The van der Waals surface area contributed by atoms with E-state index in [-0.39, 0.29) is 12.1 Å². The highest BCUT2D eigenvalue weighted by atomic mass is 16.6. The van der Waals surface area contributed by atoms with Gasteiger partial charge in [-0.2, -0.15) is 0 Å². The Balaban J connectivity index is 2.13. The molecule has 2 atom stereocenters. The zero-order valence-corrected chi connectivity index (χ0v) is 13.8. The fraction of sp³-hybridized carbons (Fsp3) is 0.353. The van der Waals surface area contributed by atoms with Crippen molar-refractivity contribution in [3.05, 3.63) is 47.2 Å². The van der Waals surface area contributed by atoms with Crippen LogP contribution in [0.25, 0.3) is 0 Å². The Bertz CT molecular complexity index is 679. The van der Waals surface area contributed by atoms with Crippen molar-refractivity contribution in [2.24, 2.45) is 5.73 Å². The lowest BCUT2D eigenvalue weighted by Crippen LogP contribution is -2.70. The molecule has 7 heteroatoms. The van der Waals surface area contributed by atoms with Crippen molar-refractivity contribution in [1.82, 2.24) is 4.90 Å². The van der Waals surface area contributed by atoms with Gasteiger partial charge in [-0.3, -0.25) is 14.5 Å². The number of β-lactam (4-membered cyclic amide) rings is 1. The van der Waals surface area contributed by atoms with Gasteiger partial charge in [-0.1, -0.05) is 30.3 Å². The van der Waals surface area contributed by atoms with E-state index < -0.39 is 30.1 Å². The minimum absolute atomic E-state index is 0.0433. The van der Waals surface area contributed by atoms with Crippen molar-refractivity contribution >= 4 is 17.8 Å². The highest BCUT2D eigenvalue weighted by Crippen LogP contribution is 2.28. The van der Waals surface area contributed by atoms with Crippen LogP contribution in [0.2, 0.25) is 0 Å². The molecule has 1 aliphatic rings. The maximum absolute atomic E-state index is 12.1. The van der Waals surface area contributed by atoms with Crippen molar-refractivity contribution in [3.8, 4) is 0 Å². The lowest BCUT2D eigenvalue weighted by molar-refractivity contribution is -0.185. The summed E-state index contributed by atoms with van der Waals surface area (Å²) in [5, 5.41) is 0. The van der Waals surface area contributed by atoms with Gasteiger partial charge in [-0.15, -0.1) is 0 Å². The average molecular weight is 332 g/mol. The van der Waals surface area contributed by atoms with E-state index in [4.69, 9.17) is 15.2 Å². The van der Waals surface area contributed by atoms with Gasteiger partial charge in [0.05, 0.1) is 13.5 Å². The van der Waals surface area contributed by atoms with E-state index in [2.05, 4.69) is 0 Å². The second-order valence-corrected chi connectivity index (χ2v) is 5.62. The molecule has 1 saturated heterocycles. The first kappa shape index (κ1) is 17.7. The molecule has 128 valence electrons. The van der Waals surface area contributed by atoms with Crippen LogP contribution in [-0.2, 0) is 30.3 Å². The van der Waals surface area contributed by atoms with Gasteiger partial charge in [0, 0.05) is 0 Å². The molecule has 0 saturated carbocycles. The van der Waals surface area contributed by atoms with Crippen LogP contribution >= 0.6 is 0 Å². The number of nitrogens with zero attached hydrogens (tertiary/aromatic N) is 1.